The molecule has 2 fully saturated rings. The van der Waals surface area contributed by atoms with E-state index in [1.807, 2.05) is 12.1 Å². The number of carboxylic acids is 1. The van der Waals surface area contributed by atoms with Crippen LogP contribution in [-0.4, -0.2) is 35.0 Å². The highest BCUT2D eigenvalue weighted by Gasteiger charge is 2.56. The van der Waals surface area contributed by atoms with E-state index >= 15 is 0 Å². The van der Waals surface area contributed by atoms with Crippen molar-refractivity contribution < 1.29 is 14.7 Å². The maximum absolute atomic E-state index is 11.1. The maximum Gasteiger partial charge on any atom is 0.320 e. The lowest BCUT2D eigenvalue weighted by Crippen LogP contribution is -2.33. The number of nitrogens with zero attached hydrogens (tertiary/aromatic N) is 1. The molecule has 6 heteroatoms. The third-order valence-electron chi connectivity index (χ3n) is 5.08. The lowest BCUT2D eigenvalue weighted by molar-refractivity contribution is -0.139. The highest BCUT2D eigenvalue weighted by atomic mass is 35.5. The minimum Gasteiger partial charge on any atom is -0.480 e. The monoisotopic (exact) mass is 320 g/mol. The number of halogens is 1. The summed E-state index contributed by atoms with van der Waals surface area (Å²) in [5.41, 5.74) is 1.75. The second-order valence-electron chi connectivity index (χ2n) is 6.55. The van der Waals surface area contributed by atoms with Crippen LogP contribution >= 0.6 is 11.6 Å². The third kappa shape index (κ3) is 2.11. The molecule has 5 nitrogen and oxygen atoms in total. The Hall–Kier alpha value is -1.59. The molecule has 116 valence electrons. The number of hydrogen-bond acceptors (Lipinski definition) is 4. The van der Waals surface area contributed by atoms with Gasteiger partial charge in [0.15, 0.2) is 5.60 Å². The molecule has 0 bridgehead atoms. The first kappa shape index (κ1) is 14.0. The molecule has 1 aromatic carbocycles. The fraction of sp³-hybridized carbons (Fsp3) is 0.500. The number of oxime groups is 1. The van der Waals surface area contributed by atoms with Crippen LogP contribution in [0.5, 0.6) is 0 Å². The van der Waals surface area contributed by atoms with Crippen LogP contribution in [0.4, 0.5) is 0 Å². The first-order chi connectivity index (χ1) is 10.5. The van der Waals surface area contributed by atoms with E-state index < -0.39 is 17.6 Å². The number of carboxylic acid groups (broad SMARTS) is 1. The Balaban J connectivity index is 1.53. The normalized spacial score (nSPS) is 31.9. The number of hydrogen-bond donors (Lipinski definition) is 2. The van der Waals surface area contributed by atoms with Gasteiger partial charge in [0, 0.05) is 29.8 Å². The van der Waals surface area contributed by atoms with Gasteiger partial charge in [-0.25, -0.2) is 0 Å². The third-order valence-corrected chi connectivity index (χ3v) is 5.34. The Bertz CT molecular complexity index is 654. The molecule has 2 N–H and O–H groups in total. The predicted molar refractivity (Wildman–Crippen MR) is 82.3 cm³/mol. The molecule has 2 aliphatic heterocycles. The first-order valence-electron chi connectivity index (χ1n) is 7.51. The minimum atomic E-state index is -0.826. The van der Waals surface area contributed by atoms with Gasteiger partial charge in [0.1, 0.15) is 6.04 Å². The van der Waals surface area contributed by atoms with Gasteiger partial charge in [-0.1, -0.05) is 28.9 Å². The summed E-state index contributed by atoms with van der Waals surface area (Å²) in [6.07, 6.45) is 3.28. The van der Waals surface area contributed by atoms with Gasteiger partial charge in [0.2, 0.25) is 0 Å². The first-order valence-corrected chi connectivity index (χ1v) is 7.89. The van der Waals surface area contributed by atoms with Crippen LogP contribution in [0.3, 0.4) is 0 Å². The van der Waals surface area contributed by atoms with Crippen molar-refractivity contribution in [3.8, 4) is 0 Å². The largest absolute Gasteiger partial charge is 0.480 e. The van der Waals surface area contributed by atoms with Gasteiger partial charge in [0.05, 0.1) is 5.71 Å². The number of nitrogens with one attached hydrogen (secondary N) is 1. The molecule has 2 atom stereocenters. The second-order valence-corrected chi connectivity index (χ2v) is 6.99. The van der Waals surface area contributed by atoms with Gasteiger partial charge in [-0.3, -0.25) is 4.79 Å². The summed E-state index contributed by atoms with van der Waals surface area (Å²) in [5.74, 6) is -0.826. The fourth-order valence-corrected chi connectivity index (χ4v) is 3.75. The van der Waals surface area contributed by atoms with E-state index in [4.69, 9.17) is 21.5 Å². The standard InChI is InChI=1S/C16H17ClN2O3/c17-11-3-1-10(2-4-11)16(5-6-16)13-8-15(22-19-13)7-12(14(20)21)18-9-15/h1-4,12,18H,5-9H2,(H,20,21)/t12-,15-/m0/s1. The van der Waals surface area contributed by atoms with Crippen molar-refractivity contribution in [2.75, 3.05) is 6.54 Å². The lowest BCUT2D eigenvalue weighted by Gasteiger charge is -2.20. The average Bonchev–Trinajstić information content (AvgIpc) is 3.04. The molecule has 0 unspecified atom stereocenters. The van der Waals surface area contributed by atoms with Crippen molar-refractivity contribution in [1.29, 1.82) is 0 Å². The van der Waals surface area contributed by atoms with E-state index in [1.54, 1.807) is 0 Å². The summed E-state index contributed by atoms with van der Waals surface area (Å²) in [5, 5.41) is 17.2. The molecule has 2 heterocycles. The number of aliphatic carboxylic acids is 1. The predicted octanol–water partition coefficient (Wildman–Crippen LogP) is 2.33. The summed E-state index contributed by atoms with van der Waals surface area (Å²) in [6.45, 7) is 0.535. The van der Waals surface area contributed by atoms with Gasteiger partial charge >= 0.3 is 5.97 Å². The molecule has 4 rings (SSSR count). The van der Waals surface area contributed by atoms with E-state index in [9.17, 15) is 4.79 Å². The van der Waals surface area contributed by atoms with Crippen LogP contribution in [0.15, 0.2) is 29.4 Å². The van der Waals surface area contributed by atoms with Crippen LogP contribution < -0.4 is 5.32 Å². The van der Waals surface area contributed by atoms with Gasteiger partial charge in [-0.2, -0.15) is 0 Å². The molecule has 0 aromatic heterocycles. The highest BCUT2D eigenvalue weighted by molar-refractivity contribution is 6.30. The summed E-state index contributed by atoms with van der Waals surface area (Å²) in [7, 11) is 0. The van der Waals surface area contributed by atoms with Gasteiger partial charge in [-0.05, 0) is 30.5 Å². The van der Waals surface area contributed by atoms with Crippen LogP contribution in [-0.2, 0) is 15.0 Å². The zero-order valence-corrected chi connectivity index (χ0v) is 12.8. The molecule has 1 aromatic rings. The number of rotatable bonds is 3. The van der Waals surface area contributed by atoms with Crippen molar-refractivity contribution in [1.82, 2.24) is 5.32 Å². The number of benzene rings is 1. The molecule has 1 spiro atoms. The van der Waals surface area contributed by atoms with Gasteiger partial charge < -0.3 is 15.3 Å². The molecule has 1 saturated carbocycles. The molecular formula is C16H17ClN2O3. The molecule has 1 saturated heterocycles. The molecule has 3 aliphatic rings. The Morgan fingerprint density at radius 1 is 1.36 bits per heavy atom. The zero-order valence-electron chi connectivity index (χ0n) is 12.0. The zero-order chi connectivity index (χ0) is 15.4. The highest BCUT2D eigenvalue weighted by Crippen LogP contribution is 2.53. The van der Waals surface area contributed by atoms with Crippen molar-refractivity contribution in [2.45, 2.75) is 42.7 Å². The Morgan fingerprint density at radius 3 is 2.68 bits per heavy atom. The Labute approximate surface area is 133 Å². The topological polar surface area (TPSA) is 70.9 Å². The lowest BCUT2D eigenvalue weighted by atomic mass is 9.83. The summed E-state index contributed by atoms with van der Waals surface area (Å²) in [4.78, 5) is 16.8. The summed E-state index contributed by atoms with van der Waals surface area (Å²) >= 11 is 5.97. The Kier molecular flexibility index (Phi) is 3.00. The Morgan fingerprint density at radius 2 is 2.09 bits per heavy atom. The van der Waals surface area contributed by atoms with E-state index in [-0.39, 0.29) is 5.41 Å². The van der Waals surface area contributed by atoms with E-state index in [0.29, 0.717) is 19.4 Å². The average molecular weight is 321 g/mol. The number of carbonyl (C=O) groups is 1. The van der Waals surface area contributed by atoms with E-state index in [2.05, 4.69) is 22.6 Å². The second kappa shape index (κ2) is 4.70. The van der Waals surface area contributed by atoms with Crippen molar-refractivity contribution >= 4 is 23.3 Å². The molecule has 22 heavy (non-hydrogen) atoms. The van der Waals surface area contributed by atoms with Crippen molar-refractivity contribution in [2.24, 2.45) is 5.16 Å². The van der Waals surface area contributed by atoms with Crippen LogP contribution in [0.2, 0.25) is 5.02 Å². The summed E-state index contributed by atoms with van der Waals surface area (Å²) < 4.78 is 0. The molecular weight excluding hydrogens is 304 g/mol. The summed E-state index contributed by atoms with van der Waals surface area (Å²) in [6, 6.07) is 7.37. The van der Waals surface area contributed by atoms with E-state index in [0.717, 1.165) is 23.6 Å². The molecule has 1 aliphatic carbocycles. The maximum atomic E-state index is 11.1. The van der Waals surface area contributed by atoms with Crippen LogP contribution in [0.25, 0.3) is 0 Å². The fourth-order valence-electron chi connectivity index (χ4n) is 3.62. The van der Waals surface area contributed by atoms with E-state index in [1.165, 1.54) is 5.56 Å². The van der Waals surface area contributed by atoms with Gasteiger partial charge in [-0.15, -0.1) is 0 Å². The van der Waals surface area contributed by atoms with Crippen LogP contribution in [0, 0.1) is 0 Å². The molecule has 0 amide bonds. The smallest absolute Gasteiger partial charge is 0.320 e. The molecule has 0 radical (unpaired) electrons. The van der Waals surface area contributed by atoms with Crippen LogP contribution in [0.1, 0.15) is 31.2 Å². The quantitative estimate of drug-likeness (QED) is 0.896. The van der Waals surface area contributed by atoms with Gasteiger partial charge in [0.25, 0.3) is 0 Å². The van der Waals surface area contributed by atoms with Crippen molar-refractivity contribution in [3.05, 3.63) is 34.9 Å². The minimum absolute atomic E-state index is 0.0323. The van der Waals surface area contributed by atoms with Crippen molar-refractivity contribution in [3.63, 3.8) is 0 Å². The SMILES string of the molecule is O=C(O)[C@@H]1C[C@@]2(CN1)CC(C1(c3ccc(Cl)cc3)CC1)=NO2.